The van der Waals surface area contributed by atoms with Crippen LogP contribution in [-0.4, -0.2) is 49.2 Å². The Bertz CT molecular complexity index is 281. The van der Waals surface area contributed by atoms with E-state index in [1.165, 1.54) is 0 Å². The van der Waals surface area contributed by atoms with E-state index in [9.17, 15) is 14.4 Å². The van der Waals surface area contributed by atoms with E-state index in [1.54, 1.807) is 0 Å². The highest BCUT2D eigenvalue weighted by atomic mass is 16.5. The summed E-state index contributed by atoms with van der Waals surface area (Å²) in [6, 6.07) is 0. The predicted octanol–water partition coefficient (Wildman–Crippen LogP) is -0.490. The number of hydrogen-bond donors (Lipinski definition) is 3. The molecule has 0 bridgehead atoms. The summed E-state index contributed by atoms with van der Waals surface area (Å²) >= 11 is 0. The highest BCUT2D eigenvalue weighted by molar-refractivity contribution is 5.85. The molecular formula is C11H20N2O5. The van der Waals surface area contributed by atoms with Crippen LogP contribution in [0.3, 0.4) is 0 Å². The van der Waals surface area contributed by atoms with Gasteiger partial charge in [-0.25, -0.2) is 0 Å². The minimum Gasteiger partial charge on any atom is -0.480 e. The van der Waals surface area contributed by atoms with Crippen molar-refractivity contribution in [2.24, 2.45) is 0 Å². The average Bonchev–Trinajstić information content (AvgIpc) is 2.33. The lowest BCUT2D eigenvalue weighted by Gasteiger charge is -2.05. The fourth-order valence-corrected chi connectivity index (χ4v) is 1.12. The summed E-state index contributed by atoms with van der Waals surface area (Å²) in [5.74, 6) is -1.78. The number of carbonyl (C=O) groups is 3. The lowest BCUT2D eigenvalue weighted by Crippen LogP contribution is -2.31. The first-order valence-electron chi connectivity index (χ1n) is 5.89. The van der Waals surface area contributed by atoms with Gasteiger partial charge in [0.1, 0.15) is 6.54 Å². The Morgan fingerprint density at radius 2 is 1.72 bits per heavy atom. The molecule has 0 aromatic carbocycles. The van der Waals surface area contributed by atoms with Crippen LogP contribution in [0.15, 0.2) is 0 Å². The summed E-state index contributed by atoms with van der Waals surface area (Å²) in [7, 11) is 0. The first kappa shape index (κ1) is 16.4. The second kappa shape index (κ2) is 10.5. The van der Waals surface area contributed by atoms with E-state index in [4.69, 9.17) is 9.84 Å². The second-order valence-corrected chi connectivity index (χ2v) is 3.57. The van der Waals surface area contributed by atoms with E-state index in [0.717, 1.165) is 6.42 Å². The summed E-state index contributed by atoms with van der Waals surface area (Å²) < 4.78 is 5.10. The molecule has 0 fully saturated rings. The molecule has 0 spiro atoms. The van der Waals surface area contributed by atoms with Crippen molar-refractivity contribution < 1.29 is 24.2 Å². The van der Waals surface area contributed by atoms with Crippen molar-refractivity contribution in [3.05, 3.63) is 0 Å². The highest BCUT2D eigenvalue weighted by Gasteiger charge is 2.07. The van der Waals surface area contributed by atoms with Crippen molar-refractivity contribution in [3.63, 3.8) is 0 Å². The molecule has 0 radical (unpaired) electrons. The van der Waals surface area contributed by atoms with Crippen LogP contribution in [0.25, 0.3) is 0 Å². The minimum absolute atomic E-state index is 0.00935. The molecule has 7 heteroatoms. The number of aliphatic carboxylic acids is 1. The third-order valence-electron chi connectivity index (χ3n) is 2.01. The number of carboxylic acid groups (broad SMARTS) is 1. The van der Waals surface area contributed by atoms with Gasteiger partial charge < -0.3 is 20.5 Å². The zero-order chi connectivity index (χ0) is 13.8. The van der Waals surface area contributed by atoms with Crippen LogP contribution in [0.4, 0.5) is 0 Å². The zero-order valence-corrected chi connectivity index (χ0v) is 10.5. The maximum Gasteiger partial charge on any atom is 0.322 e. The number of carbonyl (C=O) groups excluding carboxylic acids is 2. The van der Waals surface area contributed by atoms with E-state index >= 15 is 0 Å². The summed E-state index contributed by atoms with van der Waals surface area (Å²) in [6.45, 7) is 3.23. The molecule has 104 valence electrons. The van der Waals surface area contributed by atoms with Crippen LogP contribution >= 0.6 is 0 Å². The molecule has 0 rings (SSSR count). The molecule has 0 aromatic rings. The van der Waals surface area contributed by atoms with Crippen molar-refractivity contribution >= 4 is 17.8 Å². The highest BCUT2D eigenvalue weighted by Crippen LogP contribution is 1.89. The topological polar surface area (TPSA) is 105 Å². The second-order valence-electron chi connectivity index (χ2n) is 3.57. The molecule has 0 aliphatic carbocycles. The van der Waals surface area contributed by atoms with Crippen LogP contribution < -0.4 is 10.6 Å². The first-order chi connectivity index (χ1) is 8.56. The lowest BCUT2D eigenvalue weighted by molar-refractivity contribution is -0.138. The number of hydrogen-bond acceptors (Lipinski definition) is 4. The predicted molar refractivity (Wildman–Crippen MR) is 64.0 cm³/mol. The molecule has 2 amide bonds. The van der Waals surface area contributed by atoms with Crippen molar-refractivity contribution in [2.75, 3.05) is 26.3 Å². The van der Waals surface area contributed by atoms with E-state index < -0.39 is 18.4 Å². The lowest BCUT2D eigenvalue weighted by atomic mass is 10.2. The van der Waals surface area contributed by atoms with Gasteiger partial charge in [0, 0.05) is 32.6 Å². The van der Waals surface area contributed by atoms with E-state index in [0.29, 0.717) is 19.8 Å². The summed E-state index contributed by atoms with van der Waals surface area (Å²) in [6.07, 6.45) is 0.773. The Hall–Kier alpha value is -1.63. The normalized spacial score (nSPS) is 9.83. The van der Waals surface area contributed by atoms with Crippen LogP contribution in [0.2, 0.25) is 0 Å². The van der Waals surface area contributed by atoms with Gasteiger partial charge in [0.05, 0.1) is 0 Å². The van der Waals surface area contributed by atoms with E-state index in [2.05, 4.69) is 10.6 Å². The molecule has 0 saturated heterocycles. The number of amides is 2. The Morgan fingerprint density at radius 1 is 1.11 bits per heavy atom. The number of carboxylic acids is 1. The maximum absolute atomic E-state index is 11.3. The fourth-order valence-electron chi connectivity index (χ4n) is 1.12. The number of rotatable bonds is 10. The Balaban J connectivity index is 3.46. The number of nitrogens with one attached hydrogen (secondary N) is 2. The molecule has 0 unspecified atom stereocenters. The maximum atomic E-state index is 11.3. The van der Waals surface area contributed by atoms with Crippen molar-refractivity contribution in [2.45, 2.75) is 26.2 Å². The Kier molecular flexibility index (Phi) is 9.57. The molecule has 7 nitrogen and oxygen atoms in total. The monoisotopic (exact) mass is 260 g/mol. The van der Waals surface area contributed by atoms with E-state index in [-0.39, 0.29) is 18.7 Å². The smallest absolute Gasteiger partial charge is 0.322 e. The van der Waals surface area contributed by atoms with Gasteiger partial charge >= 0.3 is 5.97 Å². The van der Waals surface area contributed by atoms with Crippen molar-refractivity contribution in [3.8, 4) is 0 Å². The largest absolute Gasteiger partial charge is 0.480 e. The van der Waals surface area contributed by atoms with Gasteiger partial charge in [-0.05, 0) is 13.3 Å². The van der Waals surface area contributed by atoms with Crippen LogP contribution in [0, 0.1) is 0 Å². The number of ether oxygens (including phenoxy) is 1. The van der Waals surface area contributed by atoms with Gasteiger partial charge in [-0.15, -0.1) is 0 Å². The third-order valence-corrected chi connectivity index (χ3v) is 2.01. The van der Waals surface area contributed by atoms with Crippen LogP contribution in [0.1, 0.15) is 26.2 Å². The van der Waals surface area contributed by atoms with Crippen LogP contribution in [0.5, 0.6) is 0 Å². The molecule has 18 heavy (non-hydrogen) atoms. The Morgan fingerprint density at radius 3 is 2.28 bits per heavy atom. The summed E-state index contributed by atoms with van der Waals surface area (Å²) in [5.41, 5.74) is 0. The van der Waals surface area contributed by atoms with Gasteiger partial charge in [0.25, 0.3) is 0 Å². The molecule has 0 atom stereocenters. The minimum atomic E-state index is -1.11. The average molecular weight is 260 g/mol. The molecule has 0 heterocycles. The first-order valence-corrected chi connectivity index (χ1v) is 5.89. The molecule has 3 N–H and O–H groups in total. The standard InChI is InChI=1S/C11H20N2O5/c1-2-18-7-3-6-12-9(14)4-5-10(15)13-8-11(16)17/h2-8H2,1H3,(H,12,14)(H,13,15)(H,16,17). The van der Waals surface area contributed by atoms with Crippen LogP contribution in [-0.2, 0) is 19.1 Å². The van der Waals surface area contributed by atoms with Crippen molar-refractivity contribution in [1.29, 1.82) is 0 Å². The fraction of sp³-hybridized carbons (Fsp3) is 0.727. The zero-order valence-electron chi connectivity index (χ0n) is 10.5. The quantitative estimate of drug-likeness (QED) is 0.460. The Labute approximate surface area is 106 Å². The summed E-state index contributed by atoms with van der Waals surface area (Å²) in [5, 5.41) is 13.2. The molecular weight excluding hydrogens is 240 g/mol. The third kappa shape index (κ3) is 10.9. The van der Waals surface area contributed by atoms with Crippen molar-refractivity contribution in [1.82, 2.24) is 10.6 Å². The van der Waals surface area contributed by atoms with Gasteiger partial charge in [-0.1, -0.05) is 0 Å². The molecule has 0 aliphatic rings. The molecule has 0 aliphatic heterocycles. The molecule has 0 saturated carbocycles. The van der Waals surface area contributed by atoms with Gasteiger partial charge in [-0.3, -0.25) is 14.4 Å². The van der Waals surface area contributed by atoms with Gasteiger partial charge in [0.2, 0.25) is 11.8 Å². The summed E-state index contributed by atoms with van der Waals surface area (Å²) in [4.78, 5) is 32.5. The van der Waals surface area contributed by atoms with Gasteiger partial charge in [-0.2, -0.15) is 0 Å². The molecule has 0 aromatic heterocycles. The van der Waals surface area contributed by atoms with Gasteiger partial charge in [0.15, 0.2) is 0 Å². The van der Waals surface area contributed by atoms with E-state index in [1.807, 2.05) is 6.92 Å². The SMILES string of the molecule is CCOCCCNC(=O)CCC(=O)NCC(=O)O.